The number of ketones is 1. The van der Waals surface area contributed by atoms with Gasteiger partial charge in [0.2, 0.25) is 0 Å². The lowest BCUT2D eigenvalue weighted by Crippen LogP contribution is -2.72. The molecule has 0 aliphatic carbocycles. The largest absolute Gasteiger partial charge is 0.414 e. The lowest BCUT2D eigenvalue weighted by atomic mass is 9.90. The lowest BCUT2D eigenvalue weighted by molar-refractivity contribution is -0.150. The van der Waals surface area contributed by atoms with Gasteiger partial charge in [0.1, 0.15) is 30.2 Å². The summed E-state index contributed by atoms with van der Waals surface area (Å²) >= 11 is 5.61. The van der Waals surface area contributed by atoms with Crippen molar-refractivity contribution >= 4 is 57.5 Å². The first-order valence-corrected chi connectivity index (χ1v) is 18.3. The second-order valence-corrected chi connectivity index (χ2v) is 21.0. The Kier molecular flexibility index (Phi) is 8.76. The van der Waals surface area contributed by atoms with E-state index in [4.69, 9.17) is 40.4 Å². The number of thiocarbonyl (C=S) groups is 1. The fraction of sp³-hybridized carbons (Fsp3) is 0.731. The van der Waals surface area contributed by atoms with E-state index in [-0.39, 0.29) is 33.8 Å². The number of methoxy groups -OCH3 is 1. The molecule has 2 aromatic rings. The molecule has 0 amide bonds. The highest BCUT2D eigenvalue weighted by Crippen LogP contribution is 2.52. The maximum atomic E-state index is 13.7. The zero-order valence-electron chi connectivity index (χ0n) is 25.1. The molecule has 222 valence electrons. The van der Waals surface area contributed by atoms with Crippen LogP contribution in [0.4, 0.5) is 5.82 Å². The van der Waals surface area contributed by atoms with Crippen molar-refractivity contribution in [2.45, 2.75) is 115 Å². The molecule has 11 nitrogen and oxygen atoms in total. The summed E-state index contributed by atoms with van der Waals surface area (Å²) in [5, 5.41) is 1.40. The molecule has 4 heterocycles. The van der Waals surface area contributed by atoms with Crippen molar-refractivity contribution in [2.75, 3.05) is 12.8 Å². The van der Waals surface area contributed by atoms with Crippen LogP contribution >= 0.6 is 12.2 Å². The number of Topliss-reactive ketones (excluding diaryl/α,β-unsaturated/α-hetero) is 1. The summed E-state index contributed by atoms with van der Waals surface area (Å²) in [4.78, 5) is 26.6. The molecule has 0 aromatic carbocycles. The van der Waals surface area contributed by atoms with E-state index in [1.165, 1.54) is 18.6 Å². The van der Waals surface area contributed by atoms with Crippen molar-refractivity contribution in [3.63, 3.8) is 0 Å². The molecular weight excluding hydrogens is 567 g/mol. The minimum absolute atomic E-state index is 0.00149. The number of rotatable bonds is 8. The van der Waals surface area contributed by atoms with Gasteiger partial charge >= 0.3 is 17.1 Å². The Labute approximate surface area is 244 Å². The first-order chi connectivity index (χ1) is 18.7. The molecule has 2 aliphatic heterocycles. The number of carbonyl (C=O) groups is 1. The van der Waals surface area contributed by atoms with E-state index in [9.17, 15) is 4.79 Å². The predicted molar refractivity (Wildman–Crippen MR) is 160 cm³/mol. The van der Waals surface area contributed by atoms with Gasteiger partial charge < -0.3 is 28.2 Å². The maximum absolute atomic E-state index is 13.7. The van der Waals surface area contributed by atoms with E-state index < -0.39 is 47.3 Å². The molecule has 2 N–H and O–H groups in total. The number of imidazole rings is 1. The Morgan fingerprint density at radius 1 is 1.07 bits per heavy atom. The van der Waals surface area contributed by atoms with Crippen LogP contribution in [0.1, 0.15) is 68.5 Å². The van der Waals surface area contributed by atoms with Crippen LogP contribution in [0.15, 0.2) is 12.7 Å². The predicted octanol–water partition coefficient (Wildman–Crippen LogP) is 4.60. The molecule has 40 heavy (non-hydrogen) atoms. The summed E-state index contributed by atoms with van der Waals surface area (Å²) < 4.78 is 36.4. The van der Waals surface area contributed by atoms with Crippen molar-refractivity contribution in [3.05, 3.63) is 12.7 Å². The van der Waals surface area contributed by atoms with E-state index in [0.717, 1.165) is 0 Å². The quantitative estimate of drug-likeness (QED) is 0.332. The molecular formula is C26H43N5O6SSi2. The number of hydrogen-bond donors (Lipinski definition) is 1. The summed E-state index contributed by atoms with van der Waals surface area (Å²) in [5.41, 5.74) is 5.52. The van der Waals surface area contributed by atoms with Crippen LogP contribution in [0.3, 0.4) is 0 Å². The Bertz CT molecular complexity index is 1240. The zero-order chi connectivity index (χ0) is 29.8. The van der Waals surface area contributed by atoms with Gasteiger partial charge in [-0.15, -0.1) is 0 Å². The van der Waals surface area contributed by atoms with Crippen molar-refractivity contribution in [3.8, 4) is 0 Å². The lowest BCUT2D eigenvalue weighted by Gasteiger charge is -2.55. The average molecular weight is 610 g/mol. The maximum Gasteiger partial charge on any atom is 0.335 e. The third-order valence-corrected chi connectivity index (χ3v) is 19.1. The smallest absolute Gasteiger partial charge is 0.335 e. The normalized spacial score (nSPS) is 30.1. The van der Waals surface area contributed by atoms with E-state index in [0.29, 0.717) is 11.2 Å². The van der Waals surface area contributed by atoms with Gasteiger partial charge in [-0.2, -0.15) is 0 Å². The monoisotopic (exact) mass is 609 g/mol. The van der Waals surface area contributed by atoms with Crippen LogP contribution in [0.5, 0.6) is 0 Å². The zero-order valence-corrected chi connectivity index (χ0v) is 27.9. The fourth-order valence-corrected chi connectivity index (χ4v) is 18.0. The number of nitrogen functional groups attached to an aromatic ring is 1. The molecule has 0 spiro atoms. The number of anilines is 1. The number of nitrogens with two attached hydrogens (primary N) is 1. The van der Waals surface area contributed by atoms with Crippen molar-refractivity contribution in [1.29, 1.82) is 0 Å². The molecule has 0 saturated carbocycles. The van der Waals surface area contributed by atoms with Crippen LogP contribution in [0, 0.1) is 0 Å². The Morgan fingerprint density at radius 2 is 1.68 bits per heavy atom. The van der Waals surface area contributed by atoms with Crippen LogP contribution < -0.4 is 5.73 Å². The van der Waals surface area contributed by atoms with E-state index >= 15 is 0 Å². The van der Waals surface area contributed by atoms with Crippen LogP contribution in [0.2, 0.25) is 22.2 Å². The molecule has 14 heteroatoms. The molecule has 1 unspecified atom stereocenters. The van der Waals surface area contributed by atoms with Gasteiger partial charge in [0.15, 0.2) is 29.1 Å². The second kappa shape index (κ2) is 11.2. The highest BCUT2D eigenvalue weighted by molar-refractivity contribution is 7.79. The van der Waals surface area contributed by atoms with Crippen molar-refractivity contribution in [2.24, 2.45) is 0 Å². The standard InChI is InChI=1S/C26H43N5O6SSi2/c1-14(2)39(15(3)4)35-20-21(33-10)25(31-13-30-19-23(27)28-12-29-24(19)31)34-22(20)26(11-38,18(9)32)36-40(37-39,16(5)6)17(7)8/h11-17,20-22,25H,1-10H3,(H2,27,28,29)/t20-,21+,22-,25+,26?/m0/s1. The van der Waals surface area contributed by atoms with Gasteiger partial charge in [-0.25, -0.2) is 15.0 Å². The van der Waals surface area contributed by atoms with Crippen LogP contribution in [0.25, 0.3) is 11.2 Å². The molecule has 5 atom stereocenters. The topological polar surface area (TPSA) is 133 Å². The summed E-state index contributed by atoms with van der Waals surface area (Å²) in [6.07, 6.45) is -0.122. The molecule has 2 aromatic heterocycles. The first-order valence-electron chi connectivity index (χ1n) is 13.9. The number of fused-ring (bicyclic) bond motifs is 2. The van der Waals surface area contributed by atoms with Crippen LogP contribution in [-0.4, -0.2) is 78.8 Å². The third kappa shape index (κ3) is 4.60. The summed E-state index contributed by atoms with van der Waals surface area (Å²) in [5.74, 6) is -0.0222. The van der Waals surface area contributed by atoms with Crippen molar-refractivity contribution < 1.29 is 27.2 Å². The highest BCUT2D eigenvalue weighted by atomic mass is 32.1. The van der Waals surface area contributed by atoms with Gasteiger partial charge in [-0.05, 0) is 29.1 Å². The summed E-state index contributed by atoms with van der Waals surface area (Å²) in [7, 11) is -4.66. The highest BCUT2D eigenvalue weighted by Gasteiger charge is 2.68. The minimum atomic E-state index is -3.19. The Hall–Kier alpha value is -1.66. The molecule has 2 saturated heterocycles. The SMILES string of the molecule is CO[C@@H]1[C@@H]2O[Si](C(C)C)(C(C)C)O[Si](C(C)C)(C(C)C)OC(C=S)(C(C)=O)[C@H]2O[C@H]1n1cnc2c(N)ncnc21. The number of ether oxygens (including phenoxy) is 2. The average Bonchev–Trinajstić information content (AvgIpc) is 3.45. The molecule has 2 fully saturated rings. The Morgan fingerprint density at radius 3 is 2.17 bits per heavy atom. The van der Waals surface area contributed by atoms with E-state index in [2.05, 4.69) is 70.3 Å². The van der Waals surface area contributed by atoms with Gasteiger partial charge in [0.05, 0.1) is 6.33 Å². The number of carbonyl (C=O) groups excluding carboxylic acids is 1. The first kappa shape index (κ1) is 31.3. The summed E-state index contributed by atoms with van der Waals surface area (Å²) in [6, 6.07) is 0. The Balaban J connectivity index is 2.00. The molecule has 4 rings (SSSR count). The van der Waals surface area contributed by atoms with Crippen molar-refractivity contribution in [1.82, 2.24) is 19.5 Å². The second-order valence-electron chi connectivity index (χ2n) is 12.0. The van der Waals surface area contributed by atoms with Gasteiger partial charge in [0.25, 0.3) is 0 Å². The fourth-order valence-electron chi connectivity index (χ4n) is 6.23. The molecule has 0 bridgehead atoms. The molecule has 0 radical (unpaired) electrons. The minimum Gasteiger partial charge on any atom is -0.414 e. The van der Waals surface area contributed by atoms with Gasteiger partial charge in [-0.1, -0.05) is 67.6 Å². The molecule has 2 aliphatic rings. The number of aromatic nitrogens is 4. The van der Waals surface area contributed by atoms with Crippen LogP contribution in [-0.2, 0) is 27.2 Å². The number of nitrogens with zero attached hydrogens (tertiary/aromatic N) is 4. The van der Waals surface area contributed by atoms with E-state index in [1.807, 2.05) is 0 Å². The number of hydrogen-bond acceptors (Lipinski definition) is 11. The van der Waals surface area contributed by atoms with E-state index in [1.54, 1.807) is 18.0 Å². The van der Waals surface area contributed by atoms with Gasteiger partial charge in [0, 0.05) is 12.5 Å². The third-order valence-electron chi connectivity index (χ3n) is 8.46. The van der Waals surface area contributed by atoms with Gasteiger partial charge in [-0.3, -0.25) is 9.36 Å². The summed E-state index contributed by atoms with van der Waals surface area (Å²) in [6.45, 7) is 18.4.